The monoisotopic (exact) mass is 519 g/mol. The molecule has 1 saturated heterocycles. The number of carbonyl (C=O) groups is 2. The van der Waals surface area contributed by atoms with Crippen LogP contribution < -0.4 is 5.00 Å². The van der Waals surface area contributed by atoms with Crippen LogP contribution in [0, 0.1) is 11.8 Å². The first-order valence-corrected chi connectivity index (χ1v) is 16.0. The van der Waals surface area contributed by atoms with Crippen molar-refractivity contribution in [2.45, 2.75) is 71.4 Å². The number of rotatable bonds is 14. The molecule has 9 nitrogen and oxygen atoms in total. The van der Waals surface area contributed by atoms with Gasteiger partial charge in [0.2, 0.25) is 5.91 Å². The lowest BCUT2D eigenvalue weighted by atomic mass is 9.77. The zero-order valence-electron chi connectivity index (χ0n) is 21.8. The number of fused-ring (bicyclic) bond motifs is 1. The second-order valence-corrected chi connectivity index (χ2v) is 15.0. The molecular formula is C23H39BN5O4PSi. The van der Waals surface area contributed by atoms with Crippen LogP contribution in [0.1, 0.15) is 34.6 Å². The molecular weight excluding hydrogens is 480 g/mol. The summed E-state index contributed by atoms with van der Waals surface area (Å²) in [4.78, 5) is 36.8. The first-order chi connectivity index (χ1) is 16.7. The lowest BCUT2D eigenvalue weighted by Crippen LogP contribution is -2.65. The van der Waals surface area contributed by atoms with Gasteiger partial charge in [0.15, 0.2) is 16.3 Å². The van der Waals surface area contributed by atoms with Crippen LogP contribution in [0.15, 0.2) is 30.0 Å². The quantitative estimate of drug-likeness (QED) is 0.230. The van der Waals surface area contributed by atoms with Crippen molar-refractivity contribution in [2.24, 2.45) is 11.8 Å². The Kier molecular flexibility index (Phi) is 9.74. The Morgan fingerprint density at radius 1 is 1.34 bits per heavy atom. The summed E-state index contributed by atoms with van der Waals surface area (Å²) in [6.45, 7) is 12.8. The Labute approximate surface area is 213 Å². The van der Waals surface area contributed by atoms with Gasteiger partial charge in [-0.2, -0.15) is 0 Å². The maximum atomic E-state index is 13.4. The Morgan fingerprint density at radius 2 is 2.03 bits per heavy atom. The normalized spacial score (nSPS) is 23.3. The van der Waals surface area contributed by atoms with Crippen LogP contribution in [-0.4, -0.2) is 79.8 Å². The molecule has 0 saturated carbocycles. The SMILES string of the molecule is [B]NPOC(=O)C1=C(CN(C)CCn2ccnc2)[C@H](C)[C@@H]2[C@@H]([C@@H](C)O[Si](CC)(CC)CC)C(=O)N12. The molecule has 5 atom stereocenters. The highest BCUT2D eigenvalue weighted by molar-refractivity contribution is 7.32. The van der Waals surface area contributed by atoms with Gasteiger partial charge in [-0.1, -0.05) is 27.7 Å². The largest absolute Gasteiger partial charge is 0.428 e. The second kappa shape index (κ2) is 12.1. The van der Waals surface area contributed by atoms with E-state index in [2.05, 4.69) is 42.6 Å². The van der Waals surface area contributed by atoms with Gasteiger partial charge in [-0.15, -0.1) is 0 Å². The highest BCUT2D eigenvalue weighted by Gasteiger charge is 2.60. The van der Waals surface area contributed by atoms with Crippen molar-refractivity contribution in [1.29, 1.82) is 0 Å². The molecule has 2 radical (unpaired) electrons. The molecule has 2 aliphatic rings. The molecule has 1 amide bonds. The maximum Gasteiger partial charge on any atom is 0.358 e. The van der Waals surface area contributed by atoms with Crippen molar-refractivity contribution in [2.75, 3.05) is 20.1 Å². The minimum absolute atomic E-state index is 0.0251. The minimum Gasteiger partial charge on any atom is -0.428 e. The highest BCUT2D eigenvalue weighted by Crippen LogP contribution is 2.49. The molecule has 1 N–H and O–H groups in total. The van der Waals surface area contributed by atoms with Crippen LogP contribution in [0.2, 0.25) is 18.1 Å². The van der Waals surface area contributed by atoms with Gasteiger partial charge in [-0.25, -0.2) is 9.78 Å². The van der Waals surface area contributed by atoms with E-state index in [1.54, 1.807) is 17.4 Å². The molecule has 1 aromatic rings. The fourth-order valence-corrected chi connectivity index (χ4v) is 8.68. The molecule has 0 aromatic carbocycles. The Balaban J connectivity index is 1.80. The van der Waals surface area contributed by atoms with Gasteiger partial charge >= 0.3 is 5.97 Å². The number of β-lactam (4-membered cyclic amide) rings is 1. The molecule has 3 heterocycles. The molecule has 12 heteroatoms. The van der Waals surface area contributed by atoms with Crippen LogP contribution in [-0.2, 0) is 25.1 Å². The lowest BCUT2D eigenvalue weighted by Gasteiger charge is -2.49. The van der Waals surface area contributed by atoms with E-state index in [1.165, 1.54) is 0 Å². The number of hydrogen-bond acceptors (Lipinski definition) is 7. The third-order valence-electron chi connectivity index (χ3n) is 7.81. The summed E-state index contributed by atoms with van der Waals surface area (Å²) >= 11 is 0. The Bertz CT molecular complexity index is 905. The molecule has 1 unspecified atom stereocenters. The molecule has 192 valence electrons. The Hall–Kier alpha value is -1.52. The highest BCUT2D eigenvalue weighted by atomic mass is 31.1. The van der Waals surface area contributed by atoms with Gasteiger partial charge in [-0.3, -0.25) is 4.79 Å². The third kappa shape index (κ3) is 5.74. The van der Waals surface area contributed by atoms with Crippen molar-refractivity contribution < 1.29 is 18.5 Å². The van der Waals surface area contributed by atoms with Gasteiger partial charge in [0, 0.05) is 37.9 Å². The second-order valence-electron chi connectivity index (χ2n) is 9.63. The van der Waals surface area contributed by atoms with Gasteiger partial charge in [0.1, 0.15) is 14.7 Å². The van der Waals surface area contributed by atoms with E-state index in [4.69, 9.17) is 16.9 Å². The zero-order chi connectivity index (χ0) is 25.8. The van der Waals surface area contributed by atoms with E-state index in [9.17, 15) is 9.59 Å². The van der Waals surface area contributed by atoms with Crippen molar-refractivity contribution in [3.63, 3.8) is 0 Å². The average molecular weight is 519 g/mol. The molecule has 0 aliphatic carbocycles. The summed E-state index contributed by atoms with van der Waals surface area (Å²) in [6.07, 6.45) is 5.30. The molecule has 3 rings (SSSR count). The number of hydrogen-bond donors (Lipinski definition) is 1. The summed E-state index contributed by atoms with van der Waals surface area (Å²) in [5.74, 6) is -0.786. The molecule has 2 aliphatic heterocycles. The van der Waals surface area contributed by atoms with Crippen LogP contribution in [0.5, 0.6) is 0 Å². The Morgan fingerprint density at radius 3 is 2.60 bits per heavy atom. The van der Waals surface area contributed by atoms with Gasteiger partial charge < -0.3 is 28.3 Å². The van der Waals surface area contributed by atoms with Crippen molar-refractivity contribution in [3.05, 3.63) is 30.0 Å². The van der Waals surface area contributed by atoms with Gasteiger partial charge in [-0.05, 0) is 37.7 Å². The first-order valence-electron chi connectivity index (χ1n) is 12.5. The smallest absolute Gasteiger partial charge is 0.358 e. The van der Waals surface area contributed by atoms with E-state index < -0.39 is 14.3 Å². The minimum atomic E-state index is -1.87. The van der Waals surface area contributed by atoms with E-state index in [0.29, 0.717) is 12.2 Å². The van der Waals surface area contributed by atoms with Crippen LogP contribution >= 0.6 is 8.96 Å². The zero-order valence-corrected chi connectivity index (χ0v) is 23.8. The lowest BCUT2D eigenvalue weighted by molar-refractivity contribution is -0.161. The van der Waals surface area contributed by atoms with Crippen LogP contribution in [0.4, 0.5) is 0 Å². The summed E-state index contributed by atoms with van der Waals surface area (Å²) in [6, 6.07) is 3.00. The fourth-order valence-electron chi connectivity index (χ4n) is 5.50. The van der Waals surface area contributed by atoms with Crippen LogP contribution in [0.3, 0.4) is 0 Å². The number of nitrogens with zero attached hydrogens (tertiary/aromatic N) is 4. The summed E-state index contributed by atoms with van der Waals surface area (Å²) < 4.78 is 14.0. The van der Waals surface area contributed by atoms with Gasteiger partial charge in [0.05, 0.1) is 24.4 Å². The number of amides is 1. The summed E-state index contributed by atoms with van der Waals surface area (Å²) in [5, 5.41) is 0. The summed E-state index contributed by atoms with van der Waals surface area (Å²) in [7, 11) is 5.10. The predicted molar refractivity (Wildman–Crippen MR) is 141 cm³/mol. The number of aromatic nitrogens is 2. The standard InChI is InChI=1S/C23H39BN5O4PSi/c1-7-35(8-2,9-3)33-17(5)19-20-16(4)18(14-27(6)12-13-28-11-10-25-15-28)21(29(20)22(19)30)23(31)32-34-26-24/h10-11,15-17,19-20,26,34H,7-9,12-14H2,1-6H3/t16-,17+,19+,20+/m0/s1. The molecule has 0 bridgehead atoms. The number of carbonyl (C=O) groups excluding carboxylic acids is 2. The fraction of sp³-hybridized carbons (Fsp3) is 0.696. The van der Waals surface area contributed by atoms with E-state index >= 15 is 0 Å². The predicted octanol–water partition coefficient (Wildman–Crippen LogP) is 2.68. The van der Waals surface area contributed by atoms with E-state index in [-0.39, 0.29) is 38.8 Å². The first kappa shape index (κ1) is 28.1. The number of nitrogens with one attached hydrogen (secondary N) is 1. The molecule has 1 fully saturated rings. The van der Waals surface area contributed by atoms with Crippen molar-refractivity contribution in [1.82, 2.24) is 24.3 Å². The van der Waals surface area contributed by atoms with E-state index in [1.807, 2.05) is 24.7 Å². The average Bonchev–Trinajstić information content (AvgIpc) is 3.45. The number of likely N-dealkylation sites (N-methyl/N-ethyl adjacent to an activating group) is 1. The van der Waals surface area contributed by atoms with Crippen LogP contribution in [0.25, 0.3) is 0 Å². The maximum absolute atomic E-state index is 13.4. The topological polar surface area (TPSA) is 88.9 Å². The summed E-state index contributed by atoms with van der Waals surface area (Å²) in [5.41, 5.74) is 1.31. The molecule has 0 spiro atoms. The number of imidazole rings is 1. The third-order valence-corrected chi connectivity index (χ3v) is 12.9. The van der Waals surface area contributed by atoms with Gasteiger partial charge in [0.25, 0.3) is 0 Å². The van der Waals surface area contributed by atoms with Crippen molar-refractivity contribution in [3.8, 4) is 0 Å². The van der Waals surface area contributed by atoms with E-state index in [0.717, 1.165) is 36.8 Å². The molecule has 1 aromatic heterocycles. The molecule has 35 heavy (non-hydrogen) atoms. The van der Waals surface area contributed by atoms with Crippen molar-refractivity contribution >= 4 is 37.1 Å².